The van der Waals surface area contributed by atoms with Gasteiger partial charge in [-0.3, -0.25) is 4.79 Å². The molecular formula is C24H14O3. The van der Waals surface area contributed by atoms with Gasteiger partial charge in [0.1, 0.15) is 0 Å². The lowest BCUT2D eigenvalue weighted by Crippen LogP contribution is -2.12. The maximum absolute atomic E-state index is 11.8. The summed E-state index contributed by atoms with van der Waals surface area (Å²) in [5.41, 5.74) is 0.195. The van der Waals surface area contributed by atoms with Gasteiger partial charge in [-0.2, -0.15) is 0 Å². The van der Waals surface area contributed by atoms with Crippen molar-refractivity contribution in [2.24, 2.45) is 0 Å². The second-order valence-electron chi connectivity index (χ2n) is 6.79. The van der Waals surface area contributed by atoms with Crippen LogP contribution in [0.3, 0.4) is 0 Å². The molecule has 0 aliphatic carbocycles. The average molecular weight is 350 g/mol. The van der Waals surface area contributed by atoms with Gasteiger partial charge >= 0.3 is 5.97 Å². The molecule has 0 spiro atoms. The molecule has 0 aliphatic heterocycles. The number of Topliss-reactive ketones (excluding diaryl/α,β-unsaturated/α-hetero) is 1. The summed E-state index contributed by atoms with van der Waals surface area (Å²) in [4.78, 5) is 22.7. The first kappa shape index (κ1) is 15.5. The molecule has 128 valence electrons. The van der Waals surface area contributed by atoms with Crippen LogP contribution in [0.4, 0.5) is 0 Å². The van der Waals surface area contributed by atoms with Crippen LogP contribution in [0.2, 0.25) is 0 Å². The van der Waals surface area contributed by atoms with E-state index in [4.69, 9.17) is 5.11 Å². The van der Waals surface area contributed by atoms with Gasteiger partial charge in [-0.25, -0.2) is 4.79 Å². The Balaban J connectivity index is 1.77. The van der Waals surface area contributed by atoms with Crippen LogP contribution >= 0.6 is 0 Å². The number of benzene rings is 5. The van der Waals surface area contributed by atoms with E-state index in [0.29, 0.717) is 0 Å². The minimum atomic E-state index is -1.44. The molecule has 0 amide bonds. The maximum Gasteiger partial charge on any atom is 0.377 e. The van der Waals surface area contributed by atoms with E-state index in [0.717, 1.165) is 26.9 Å². The number of carboxylic acid groups (broad SMARTS) is 1. The standard InChI is InChI=1S/C24H14O3/c25-23(24(26)27)17-6-5-16-9-21-12-19-7-14-3-1-2-4-15(14)8-20(19)13-22(21)11-18(16)10-17/h1-13H,(H,26,27). The summed E-state index contributed by atoms with van der Waals surface area (Å²) in [7, 11) is 0. The van der Waals surface area contributed by atoms with E-state index in [-0.39, 0.29) is 5.56 Å². The minimum Gasteiger partial charge on any atom is -0.475 e. The van der Waals surface area contributed by atoms with Gasteiger partial charge < -0.3 is 5.11 Å². The largest absolute Gasteiger partial charge is 0.475 e. The number of carboxylic acids is 1. The Hall–Kier alpha value is -3.72. The molecule has 0 aromatic heterocycles. The smallest absolute Gasteiger partial charge is 0.377 e. The van der Waals surface area contributed by atoms with Crippen LogP contribution in [0.25, 0.3) is 43.1 Å². The van der Waals surface area contributed by atoms with Crippen molar-refractivity contribution in [3.63, 3.8) is 0 Å². The highest BCUT2D eigenvalue weighted by atomic mass is 16.4. The van der Waals surface area contributed by atoms with E-state index < -0.39 is 11.8 Å². The summed E-state index contributed by atoms with van der Waals surface area (Å²) in [6.07, 6.45) is 0. The highest BCUT2D eigenvalue weighted by molar-refractivity contribution is 6.40. The molecule has 1 N–H and O–H groups in total. The van der Waals surface area contributed by atoms with Gasteiger partial charge in [0.05, 0.1) is 0 Å². The van der Waals surface area contributed by atoms with E-state index in [9.17, 15) is 9.59 Å². The fourth-order valence-electron chi connectivity index (χ4n) is 3.71. The number of ketones is 1. The molecule has 3 nitrogen and oxygen atoms in total. The lowest BCUT2D eigenvalue weighted by Gasteiger charge is -2.08. The monoisotopic (exact) mass is 350 g/mol. The van der Waals surface area contributed by atoms with Crippen LogP contribution in [0.15, 0.2) is 78.9 Å². The van der Waals surface area contributed by atoms with Gasteiger partial charge in [-0.15, -0.1) is 0 Å². The first-order valence-corrected chi connectivity index (χ1v) is 8.66. The summed E-state index contributed by atoms with van der Waals surface area (Å²) in [5.74, 6) is -2.32. The van der Waals surface area contributed by atoms with Crippen molar-refractivity contribution in [2.45, 2.75) is 0 Å². The Morgan fingerprint density at radius 1 is 0.519 bits per heavy atom. The summed E-state index contributed by atoms with van der Waals surface area (Å²) in [6.45, 7) is 0. The molecule has 0 saturated carbocycles. The normalized spacial score (nSPS) is 11.4. The number of hydrogen-bond donors (Lipinski definition) is 1. The molecule has 5 aromatic carbocycles. The zero-order chi connectivity index (χ0) is 18.5. The van der Waals surface area contributed by atoms with Gasteiger partial charge in [0, 0.05) is 5.56 Å². The van der Waals surface area contributed by atoms with Crippen LogP contribution in [0, 0.1) is 0 Å². The third-order valence-electron chi connectivity index (χ3n) is 5.07. The second-order valence-corrected chi connectivity index (χ2v) is 6.79. The van der Waals surface area contributed by atoms with E-state index in [1.54, 1.807) is 18.2 Å². The number of carbonyl (C=O) groups excluding carboxylic acids is 1. The summed E-state index contributed by atoms with van der Waals surface area (Å²) in [6, 6.07) is 26.1. The minimum absolute atomic E-state index is 0.195. The average Bonchev–Trinajstić information content (AvgIpc) is 2.68. The van der Waals surface area contributed by atoms with Crippen molar-refractivity contribution >= 4 is 54.8 Å². The highest BCUT2D eigenvalue weighted by Gasteiger charge is 2.14. The Kier molecular flexibility index (Phi) is 3.25. The number of aliphatic carboxylic acids is 1. The Morgan fingerprint density at radius 3 is 1.41 bits per heavy atom. The molecule has 0 bridgehead atoms. The molecule has 3 heteroatoms. The molecular weight excluding hydrogens is 336 g/mol. The molecule has 5 aromatic rings. The van der Waals surface area contributed by atoms with Crippen molar-refractivity contribution in [2.75, 3.05) is 0 Å². The van der Waals surface area contributed by atoms with Gasteiger partial charge in [0.2, 0.25) is 0 Å². The molecule has 5 rings (SSSR count). The molecule has 0 saturated heterocycles. The molecule has 0 heterocycles. The van der Waals surface area contributed by atoms with E-state index >= 15 is 0 Å². The van der Waals surface area contributed by atoms with Crippen molar-refractivity contribution in [1.82, 2.24) is 0 Å². The zero-order valence-corrected chi connectivity index (χ0v) is 14.3. The molecule has 0 unspecified atom stereocenters. The number of rotatable bonds is 2. The van der Waals surface area contributed by atoms with Gasteiger partial charge in [-0.05, 0) is 85.6 Å². The van der Waals surface area contributed by atoms with E-state index in [2.05, 4.69) is 42.5 Å². The lowest BCUT2D eigenvalue weighted by molar-refractivity contribution is -0.131. The van der Waals surface area contributed by atoms with Crippen molar-refractivity contribution in [1.29, 1.82) is 0 Å². The van der Waals surface area contributed by atoms with Gasteiger partial charge in [0.15, 0.2) is 0 Å². The Morgan fingerprint density at radius 2 is 0.926 bits per heavy atom. The summed E-state index contributed by atoms with van der Waals surface area (Å²) in [5, 5.41) is 17.7. The predicted octanol–water partition coefficient (Wildman–Crippen LogP) is 5.57. The van der Waals surface area contributed by atoms with Gasteiger partial charge in [0.25, 0.3) is 5.78 Å². The first-order chi connectivity index (χ1) is 13.1. The van der Waals surface area contributed by atoms with E-state index in [1.807, 2.05) is 18.2 Å². The predicted molar refractivity (Wildman–Crippen MR) is 108 cm³/mol. The van der Waals surface area contributed by atoms with Crippen LogP contribution in [-0.2, 0) is 4.79 Å². The van der Waals surface area contributed by atoms with Crippen molar-refractivity contribution < 1.29 is 14.7 Å². The van der Waals surface area contributed by atoms with Gasteiger partial charge in [-0.1, -0.05) is 36.4 Å². The Bertz CT molecular complexity index is 1410. The third-order valence-corrected chi connectivity index (χ3v) is 5.07. The molecule has 0 atom stereocenters. The number of fused-ring (bicyclic) bond motifs is 4. The fourth-order valence-corrected chi connectivity index (χ4v) is 3.71. The number of hydrogen-bond acceptors (Lipinski definition) is 2. The molecule has 0 fully saturated rings. The third kappa shape index (κ3) is 2.52. The highest BCUT2D eigenvalue weighted by Crippen LogP contribution is 2.30. The summed E-state index contributed by atoms with van der Waals surface area (Å²) >= 11 is 0. The topological polar surface area (TPSA) is 54.4 Å². The first-order valence-electron chi connectivity index (χ1n) is 8.66. The van der Waals surface area contributed by atoms with E-state index in [1.165, 1.54) is 16.2 Å². The molecule has 0 aliphatic rings. The lowest BCUT2D eigenvalue weighted by atomic mass is 9.96. The fraction of sp³-hybridized carbons (Fsp3) is 0. The van der Waals surface area contributed by atoms with Crippen LogP contribution in [0.1, 0.15) is 10.4 Å². The maximum atomic E-state index is 11.8. The van der Waals surface area contributed by atoms with Crippen LogP contribution in [0.5, 0.6) is 0 Å². The SMILES string of the molecule is O=C(O)C(=O)c1ccc2cc3cc4cc5ccccc5cc4cc3cc2c1. The summed E-state index contributed by atoms with van der Waals surface area (Å²) < 4.78 is 0. The zero-order valence-electron chi connectivity index (χ0n) is 14.3. The van der Waals surface area contributed by atoms with Crippen LogP contribution < -0.4 is 0 Å². The molecule has 27 heavy (non-hydrogen) atoms. The van der Waals surface area contributed by atoms with Crippen LogP contribution in [-0.4, -0.2) is 16.9 Å². The van der Waals surface area contributed by atoms with Crippen molar-refractivity contribution in [3.8, 4) is 0 Å². The quantitative estimate of drug-likeness (QED) is 0.257. The number of carbonyl (C=O) groups is 2. The molecule has 0 radical (unpaired) electrons. The Labute approximate surface area is 154 Å². The van der Waals surface area contributed by atoms with Crippen molar-refractivity contribution in [3.05, 3.63) is 84.4 Å². The second kappa shape index (κ2) is 5.64.